The summed E-state index contributed by atoms with van der Waals surface area (Å²) in [5.41, 5.74) is 6.17. The highest BCUT2D eigenvalue weighted by atomic mass is 32.2. The highest BCUT2D eigenvalue weighted by Gasteiger charge is 2.33. The third kappa shape index (κ3) is 2.83. The first-order valence-corrected chi connectivity index (χ1v) is 7.68. The fourth-order valence-corrected chi connectivity index (χ4v) is 3.07. The molecule has 0 radical (unpaired) electrons. The molecular weight excluding hydrogens is 296 g/mol. The average molecular weight is 312 g/mol. The predicted octanol–water partition coefficient (Wildman–Crippen LogP) is -0.972. The molecule has 0 aromatic heterocycles. The van der Waals surface area contributed by atoms with Crippen LogP contribution in [0.3, 0.4) is 0 Å². The number of nitrogens with two attached hydrogens (primary N) is 1. The summed E-state index contributed by atoms with van der Waals surface area (Å²) in [6.45, 7) is 1.48. The zero-order chi connectivity index (χ0) is 15.8. The fourth-order valence-electron chi connectivity index (χ4n) is 2.10. The summed E-state index contributed by atoms with van der Waals surface area (Å²) < 4.78 is 26.4. The Hall–Kier alpha value is -2.13. The standard InChI is InChI=1S/C12H16N4O4S/c1-7-12(18)15-11(17)6-16(7)9-4-3-8(13)5-10(9)21(19,20)14-2/h3-5,7,14H,6,13H2,1-2H3,(H,15,17,18). The number of sulfonamides is 1. The number of imide groups is 1. The summed E-state index contributed by atoms with van der Waals surface area (Å²) in [5.74, 6) is -0.960. The van der Waals surface area contributed by atoms with Gasteiger partial charge in [-0.25, -0.2) is 13.1 Å². The minimum Gasteiger partial charge on any atom is -0.399 e. The largest absolute Gasteiger partial charge is 0.399 e. The van der Waals surface area contributed by atoms with Crippen LogP contribution in [0.25, 0.3) is 0 Å². The summed E-state index contributed by atoms with van der Waals surface area (Å²) in [6.07, 6.45) is 0. The van der Waals surface area contributed by atoms with E-state index in [0.29, 0.717) is 0 Å². The topological polar surface area (TPSA) is 122 Å². The molecule has 0 bridgehead atoms. The van der Waals surface area contributed by atoms with Crippen LogP contribution in [0.15, 0.2) is 23.1 Å². The maximum absolute atomic E-state index is 12.1. The number of carbonyl (C=O) groups excluding carboxylic acids is 2. The Kier molecular flexibility index (Phi) is 3.88. The molecule has 1 aromatic carbocycles. The van der Waals surface area contributed by atoms with Gasteiger partial charge in [-0.1, -0.05) is 0 Å². The lowest BCUT2D eigenvalue weighted by Crippen LogP contribution is -2.57. The van der Waals surface area contributed by atoms with Crippen molar-refractivity contribution in [1.82, 2.24) is 10.0 Å². The number of hydrogen-bond acceptors (Lipinski definition) is 6. The van der Waals surface area contributed by atoms with Crippen molar-refractivity contribution in [3.63, 3.8) is 0 Å². The molecule has 0 aliphatic carbocycles. The molecule has 1 fully saturated rings. The molecule has 0 saturated carbocycles. The van der Waals surface area contributed by atoms with Crippen molar-refractivity contribution in [3.05, 3.63) is 18.2 Å². The van der Waals surface area contributed by atoms with E-state index in [2.05, 4.69) is 10.0 Å². The second-order valence-corrected chi connectivity index (χ2v) is 6.51. The SMILES string of the molecule is CNS(=O)(=O)c1cc(N)ccc1N1CC(=O)NC(=O)C1C. The molecular formula is C12H16N4O4S. The summed E-state index contributed by atoms with van der Waals surface area (Å²) in [5, 5.41) is 2.20. The van der Waals surface area contributed by atoms with Gasteiger partial charge in [-0.2, -0.15) is 0 Å². The lowest BCUT2D eigenvalue weighted by Gasteiger charge is -2.34. The fraction of sp³-hybridized carbons (Fsp3) is 0.333. The Bertz CT molecular complexity index is 701. The molecule has 8 nitrogen and oxygen atoms in total. The van der Waals surface area contributed by atoms with E-state index in [1.807, 2.05) is 0 Å². The summed E-state index contributed by atoms with van der Waals surface area (Å²) in [4.78, 5) is 24.6. The van der Waals surface area contributed by atoms with Crippen LogP contribution in [0.4, 0.5) is 11.4 Å². The van der Waals surface area contributed by atoms with Gasteiger partial charge in [0.1, 0.15) is 10.9 Å². The molecule has 1 aliphatic heterocycles. The number of benzene rings is 1. The van der Waals surface area contributed by atoms with Crippen LogP contribution in [0.2, 0.25) is 0 Å². The first kappa shape index (κ1) is 15.3. The first-order valence-electron chi connectivity index (χ1n) is 6.19. The van der Waals surface area contributed by atoms with Gasteiger partial charge >= 0.3 is 0 Å². The number of nitrogen functional groups attached to an aromatic ring is 1. The van der Waals surface area contributed by atoms with Gasteiger partial charge in [0.25, 0.3) is 0 Å². The van der Waals surface area contributed by atoms with E-state index in [4.69, 9.17) is 5.73 Å². The molecule has 1 atom stereocenters. The van der Waals surface area contributed by atoms with Crippen molar-refractivity contribution in [2.75, 3.05) is 24.2 Å². The third-order valence-corrected chi connectivity index (χ3v) is 4.72. The quantitative estimate of drug-likeness (QED) is 0.487. The van der Waals surface area contributed by atoms with Crippen molar-refractivity contribution in [2.24, 2.45) is 0 Å². The number of rotatable bonds is 3. The molecule has 1 unspecified atom stereocenters. The Labute approximate surface area is 122 Å². The number of nitrogens with zero attached hydrogens (tertiary/aromatic N) is 1. The van der Waals surface area contributed by atoms with Crippen molar-refractivity contribution >= 4 is 33.2 Å². The Morgan fingerprint density at radius 2 is 2.05 bits per heavy atom. The van der Waals surface area contributed by atoms with Crippen molar-refractivity contribution < 1.29 is 18.0 Å². The van der Waals surface area contributed by atoms with Crippen LogP contribution < -0.4 is 20.7 Å². The molecule has 1 saturated heterocycles. The Morgan fingerprint density at radius 3 is 2.67 bits per heavy atom. The van der Waals surface area contributed by atoms with Crippen LogP contribution >= 0.6 is 0 Å². The van der Waals surface area contributed by atoms with E-state index in [1.165, 1.54) is 30.1 Å². The molecule has 2 amide bonds. The molecule has 0 spiro atoms. The van der Waals surface area contributed by atoms with Gasteiger partial charge in [0, 0.05) is 5.69 Å². The lowest BCUT2D eigenvalue weighted by molar-refractivity contribution is -0.132. The highest BCUT2D eigenvalue weighted by molar-refractivity contribution is 7.89. The van der Waals surface area contributed by atoms with Gasteiger partial charge in [0.2, 0.25) is 21.8 Å². The summed E-state index contributed by atoms with van der Waals surface area (Å²) in [6, 6.07) is 3.64. The van der Waals surface area contributed by atoms with Crippen molar-refractivity contribution in [3.8, 4) is 0 Å². The van der Waals surface area contributed by atoms with Gasteiger partial charge in [0.15, 0.2) is 0 Å². The van der Waals surface area contributed by atoms with Gasteiger partial charge in [0.05, 0.1) is 12.2 Å². The molecule has 114 valence electrons. The number of anilines is 2. The summed E-state index contributed by atoms with van der Waals surface area (Å²) >= 11 is 0. The van der Waals surface area contributed by atoms with E-state index in [9.17, 15) is 18.0 Å². The van der Waals surface area contributed by atoms with Gasteiger partial charge in [-0.3, -0.25) is 14.9 Å². The number of hydrogen-bond donors (Lipinski definition) is 3. The van der Waals surface area contributed by atoms with Crippen molar-refractivity contribution in [1.29, 1.82) is 0 Å². The van der Waals surface area contributed by atoms with Crippen LogP contribution in [0.1, 0.15) is 6.92 Å². The monoisotopic (exact) mass is 312 g/mol. The minimum atomic E-state index is -3.77. The summed E-state index contributed by atoms with van der Waals surface area (Å²) in [7, 11) is -2.50. The molecule has 21 heavy (non-hydrogen) atoms. The number of piperazine rings is 1. The third-order valence-electron chi connectivity index (χ3n) is 3.28. The highest BCUT2D eigenvalue weighted by Crippen LogP contribution is 2.29. The second-order valence-electron chi connectivity index (χ2n) is 4.65. The first-order chi connectivity index (χ1) is 9.76. The number of nitrogens with one attached hydrogen (secondary N) is 2. The molecule has 1 heterocycles. The molecule has 1 aliphatic rings. The zero-order valence-corrected chi connectivity index (χ0v) is 12.4. The number of amides is 2. The molecule has 9 heteroatoms. The molecule has 1 aromatic rings. The minimum absolute atomic E-state index is 0.0700. The van der Waals surface area contributed by atoms with Crippen LogP contribution in [0.5, 0.6) is 0 Å². The Balaban J connectivity index is 2.58. The van der Waals surface area contributed by atoms with Gasteiger partial charge in [-0.05, 0) is 32.2 Å². The second kappa shape index (κ2) is 5.34. The van der Waals surface area contributed by atoms with E-state index in [1.54, 1.807) is 6.92 Å². The van der Waals surface area contributed by atoms with Crippen LogP contribution in [-0.4, -0.2) is 39.9 Å². The van der Waals surface area contributed by atoms with Crippen LogP contribution in [-0.2, 0) is 19.6 Å². The van der Waals surface area contributed by atoms with Crippen LogP contribution in [0, 0.1) is 0 Å². The smallest absolute Gasteiger partial charge is 0.249 e. The molecule has 2 rings (SSSR count). The van der Waals surface area contributed by atoms with E-state index in [0.717, 1.165) is 0 Å². The zero-order valence-electron chi connectivity index (χ0n) is 11.6. The lowest BCUT2D eigenvalue weighted by atomic mass is 10.1. The maximum Gasteiger partial charge on any atom is 0.249 e. The normalized spacial score (nSPS) is 19.5. The van der Waals surface area contributed by atoms with E-state index >= 15 is 0 Å². The van der Waals surface area contributed by atoms with Gasteiger partial charge in [-0.15, -0.1) is 0 Å². The number of carbonyl (C=O) groups is 2. The van der Waals surface area contributed by atoms with Crippen molar-refractivity contribution in [2.45, 2.75) is 17.9 Å². The van der Waals surface area contributed by atoms with E-state index < -0.39 is 27.9 Å². The maximum atomic E-state index is 12.1. The van der Waals surface area contributed by atoms with Gasteiger partial charge < -0.3 is 10.6 Å². The Morgan fingerprint density at radius 1 is 1.38 bits per heavy atom. The van der Waals surface area contributed by atoms with E-state index in [-0.39, 0.29) is 22.8 Å². The predicted molar refractivity (Wildman–Crippen MR) is 77.1 cm³/mol. The molecule has 4 N–H and O–H groups in total. The average Bonchev–Trinajstić information content (AvgIpc) is 2.43.